The van der Waals surface area contributed by atoms with Gasteiger partial charge >= 0.3 is 0 Å². The third-order valence-corrected chi connectivity index (χ3v) is 5.18. The molecule has 0 aliphatic rings. The van der Waals surface area contributed by atoms with Crippen LogP contribution in [0.3, 0.4) is 0 Å². The summed E-state index contributed by atoms with van der Waals surface area (Å²) in [6.45, 7) is 7.44. The Balaban J connectivity index is 2.00. The molecule has 2 heterocycles. The van der Waals surface area contributed by atoms with Crippen LogP contribution >= 0.6 is 11.8 Å². The highest BCUT2D eigenvalue weighted by molar-refractivity contribution is 7.99. The van der Waals surface area contributed by atoms with Crippen molar-refractivity contribution in [2.45, 2.75) is 43.5 Å². The van der Waals surface area contributed by atoms with E-state index >= 15 is 0 Å². The summed E-state index contributed by atoms with van der Waals surface area (Å²) < 4.78 is 13.2. The monoisotopic (exact) mass is 372 g/mol. The van der Waals surface area contributed by atoms with Gasteiger partial charge in [0, 0.05) is 17.6 Å². The fourth-order valence-corrected chi connectivity index (χ4v) is 3.68. The summed E-state index contributed by atoms with van der Waals surface area (Å²) in [4.78, 5) is 10.0. The largest absolute Gasteiger partial charge is 0.497 e. The van der Waals surface area contributed by atoms with Gasteiger partial charge in [0.2, 0.25) is 0 Å². The molecule has 0 aliphatic carbocycles. The van der Waals surface area contributed by atoms with Crippen LogP contribution < -0.4 is 10.5 Å². The number of nitrogens with zero attached hydrogens (tertiary/aromatic N) is 3. The van der Waals surface area contributed by atoms with E-state index in [0.29, 0.717) is 19.0 Å². The van der Waals surface area contributed by atoms with Crippen molar-refractivity contribution in [3.8, 4) is 5.75 Å². The maximum atomic E-state index is 6.04. The second-order valence-electron chi connectivity index (χ2n) is 6.26. The molecule has 0 fully saturated rings. The van der Waals surface area contributed by atoms with Crippen LogP contribution in [-0.2, 0) is 11.3 Å². The van der Waals surface area contributed by atoms with E-state index in [1.54, 1.807) is 25.1 Å². The van der Waals surface area contributed by atoms with Crippen LogP contribution in [0.5, 0.6) is 5.75 Å². The lowest BCUT2D eigenvalue weighted by Gasteiger charge is -2.12. The quantitative estimate of drug-likeness (QED) is 0.678. The van der Waals surface area contributed by atoms with Crippen LogP contribution in [0.4, 0.5) is 5.82 Å². The fraction of sp³-hybridized carbons (Fsp3) is 0.368. The average Bonchev–Trinajstić information content (AvgIpc) is 2.96. The van der Waals surface area contributed by atoms with Crippen molar-refractivity contribution in [2.75, 3.05) is 19.5 Å². The third kappa shape index (κ3) is 3.94. The van der Waals surface area contributed by atoms with Crippen molar-refractivity contribution in [3.63, 3.8) is 0 Å². The number of aromatic nitrogens is 3. The number of rotatable bonds is 7. The van der Waals surface area contributed by atoms with Gasteiger partial charge in [0.1, 0.15) is 11.3 Å². The summed E-state index contributed by atoms with van der Waals surface area (Å²) >= 11 is 1.60. The highest BCUT2D eigenvalue weighted by Crippen LogP contribution is 2.35. The molecule has 2 N–H and O–H groups in total. The number of fused-ring (bicyclic) bond motifs is 1. The van der Waals surface area contributed by atoms with Crippen molar-refractivity contribution >= 4 is 28.6 Å². The maximum absolute atomic E-state index is 6.04. The molecule has 0 unspecified atom stereocenters. The number of hydrogen-bond acceptors (Lipinski definition) is 6. The highest BCUT2D eigenvalue weighted by atomic mass is 32.2. The Hall–Kier alpha value is -2.25. The van der Waals surface area contributed by atoms with Crippen LogP contribution in [-0.4, -0.2) is 34.4 Å². The molecule has 2 aromatic heterocycles. The molecule has 7 heteroatoms. The number of ether oxygens (including phenoxy) is 2. The van der Waals surface area contributed by atoms with E-state index in [9.17, 15) is 0 Å². The van der Waals surface area contributed by atoms with Gasteiger partial charge in [-0.3, -0.25) is 0 Å². The Morgan fingerprint density at radius 1 is 1.27 bits per heavy atom. The van der Waals surface area contributed by atoms with Crippen LogP contribution in [0.1, 0.15) is 19.4 Å². The Labute approximate surface area is 157 Å². The normalized spacial score (nSPS) is 11.4. The molecule has 0 spiro atoms. The van der Waals surface area contributed by atoms with E-state index in [0.717, 1.165) is 26.8 Å². The molecule has 3 aromatic rings. The number of imidazole rings is 1. The average molecular weight is 372 g/mol. The van der Waals surface area contributed by atoms with Gasteiger partial charge in [0.15, 0.2) is 11.0 Å². The fourth-order valence-electron chi connectivity index (χ4n) is 2.64. The number of benzene rings is 1. The van der Waals surface area contributed by atoms with Crippen molar-refractivity contribution in [3.05, 3.63) is 36.0 Å². The molecule has 0 amide bonds. The Kier molecular flexibility index (Phi) is 5.68. The molecule has 0 bridgehead atoms. The van der Waals surface area contributed by atoms with Gasteiger partial charge in [-0.05, 0) is 44.5 Å². The third-order valence-electron chi connectivity index (χ3n) is 4.02. The number of aryl methyl sites for hydroxylation is 1. The molecule has 0 atom stereocenters. The molecule has 0 radical (unpaired) electrons. The first-order valence-electron chi connectivity index (χ1n) is 8.54. The van der Waals surface area contributed by atoms with Gasteiger partial charge < -0.3 is 19.8 Å². The molecule has 0 aliphatic heterocycles. The van der Waals surface area contributed by atoms with Gasteiger partial charge in [-0.1, -0.05) is 17.8 Å². The van der Waals surface area contributed by atoms with Crippen LogP contribution in [0.2, 0.25) is 0 Å². The smallest absolute Gasteiger partial charge is 0.174 e. The Bertz CT molecular complexity index is 908. The lowest BCUT2D eigenvalue weighted by atomic mass is 10.2. The summed E-state index contributed by atoms with van der Waals surface area (Å²) in [5.74, 6) is 1.26. The van der Waals surface area contributed by atoms with E-state index in [1.807, 2.05) is 38.1 Å². The summed E-state index contributed by atoms with van der Waals surface area (Å²) in [6, 6.07) is 7.97. The van der Waals surface area contributed by atoms with E-state index in [-0.39, 0.29) is 6.10 Å². The van der Waals surface area contributed by atoms with Crippen LogP contribution in [0.15, 0.2) is 40.5 Å². The number of hydrogen-bond donors (Lipinski definition) is 1. The number of pyridine rings is 1. The first-order valence-corrected chi connectivity index (χ1v) is 9.36. The standard InChI is InChI=1S/C19H24N4O2S/c1-12(2)25-10-9-23-15-7-8-21-18(20)17(15)22-19(23)26-16-11-14(24-4)6-5-13(16)3/h5-8,11-12H,9-10H2,1-4H3,(H2,20,21). The highest BCUT2D eigenvalue weighted by Gasteiger charge is 2.16. The zero-order valence-electron chi connectivity index (χ0n) is 15.5. The predicted molar refractivity (Wildman–Crippen MR) is 105 cm³/mol. The second kappa shape index (κ2) is 7.97. The molecule has 0 saturated heterocycles. The lowest BCUT2D eigenvalue weighted by molar-refractivity contribution is 0.0721. The van der Waals surface area contributed by atoms with Gasteiger partial charge in [0.25, 0.3) is 0 Å². The molecule has 138 valence electrons. The minimum Gasteiger partial charge on any atom is -0.497 e. The minimum absolute atomic E-state index is 0.188. The van der Waals surface area contributed by atoms with Crippen molar-refractivity contribution in [2.24, 2.45) is 0 Å². The molecule has 3 rings (SSSR count). The summed E-state index contributed by atoms with van der Waals surface area (Å²) in [5, 5.41) is 0.864. The molecule has 1 aromatic carbocycles. The minimum atomic E-state index is 0.188. The van der Waals surface area contributed by atoms with Crippen molar-refractivity contribution < 1.29 is 9.47 Å². The van der Waals surface area contributed by atoms with E-state index in [4.69, 9.17) is 20.2 Å². The number of nitrogen functional groups attached to an aromatic ring is 1. The predicted octanol–water partition coefficient (Wildman–Crippen LogP) is 3.91. The van der Waals surface area contributed by atoms with Gasteiger partial charge in [-0.15, -0.1) is 0 Å². The van der Waals surface area contributed by atoms with Gasteiger partial charge in [-0.2, -0.15) is 0 Å². The van der Waals surface area contributed by atoms with Crippen LogP contribution in [0, 0.1) is 6.92 Å². The van der Waals surface area contributed by atoms with E-state index in [1.165, 1.54) is 5.56 Å². The van der Waals surface area contributed by atoms with Crippen LogP contribution in [0.25, 0.3) is 11.0 Å². The molecule has 0 saturated carbocycles. The Morgan fingerprint density at radius 3 is 2.81 bits per heavy atom. The van der Waals surface area contributed by atoms with Crippen molar-refractivity contribution in [1.29, 1.82) is 0 Å². The molecule has 6 nitrogen and oxygen atoms in total. The lowest BCUT2D eigenvalue weighted by Crippen LogP contribution is -2.11. The SMILES string of the molecule is COc1ccc(C)c(Sc2nc3c(N)nccc3n2CCOC(C)C)c1. The first-order chi connectivity index (χ1) is 12.5. The summed E-state index contributed by atoms with van der Waals surface area (Å²) in [6.07, 6.45) is 1.90. The number of anilines is 1. The molecule has 26 heavy (non-hydrogen) atoms. The van der Waals surface area contributed by atoms with Gasteiger partial charge in [0.05, 0.1) is 25.3 Å². The maximum Gasteiger partial charge on any atom is 0.174 e. The van der Waals surface area contributed by atoms with E-state index < -0.39 is 0 Å². The first kappa shape index (κ1) is 18.5. The number of nitrogens with two attached hydrogens (primary N) is 1. The molecular weight excluding hydrogens is 348 g/mol. The molecular formula is C19H24N4O2S. The van der Waals surface area contributed by atoms with Gasteiger partial charge in [-0.25, -0.2) is 9.97 Å². The zero-order chi connectivity index (χ0) is 18.7. The van der Waals surface area contributed by atoms with E-state index in [2.05, 4.69) is 16.5 Å². The van der Waals surface area contributed by atoms with Crippen molar-refractivity contribution in [1.82, 2.24) is 14.5 Å². The zero-order valence-corrected chi connectivity index (χ0v) is 16.3. The summed E-state index contributed by atoms with van der Waals surface area (Å²) in [5.41, 5.74) is 8.89. The topological polar surface area (TPSA) is 75.2 Å². The summed E-state index contributed by atoms with van der Waals surface area (Å²) in [7, 11) is 1.67. The second-order valence-corrected chi connectivity index (χ2v) is 7.27. The Morgan fingerprint density at radius 2 is 2.08 bits per heavy atom. The number of methoxy groups -OCH3 is 1.